The Kier molecular flexibility index (Phi) is 6.18. The van der Waals surface area contributed by atoms with Crippen LogP contribution in [-0.4, -0.2) is 29.9 Å². The van der Waals surface area contributed by atoms with E-state index in [0.717, 1.165) is 11.3 Å². The summed E-state index contributed by atoms with van der Waals surface area (Å²) < 4.78 is 0. The summed E-state index contributed by atoms with van der Waals surface area (Å²) in [6.45, 7) is 2.11. The Morgan fingerprint density at radius 1 is 1.44 bits per heavy atom. The molecule has 0 aliphatic rings. The summed E-state index contributed by atoms with van der Waals surface area (Å²) in [5.41, 5.74) is 6.93. The standard InChI is InChI=1S/C13H20N2O2S/c1-3-18-10-6-4-9(5-7-10)13(15-2)11(14)8-12(16)17/h4-7,11,13,15H,3,8,14H2,1-2H3,(H,16,17). The van der Waals surface area contributed by atoms with Gasteiger partial charge in [-0.25, -0.2) is 0 Å². The monoisotopic (exact) mass is 268 g/mol. The molecule has 1 aromatic carbocycles. The minimum absolute atomic E-state index is 0.0447. The Morgan fingerprint density at radius 2 is 2.06 bits per heavy atom. The molecule has 0 aliphatic heterocycles. The lowest BCUT2D eigenvalue weighted by molar-refractivity contribution is -0.137. The van der Waals surface area contributed by atoms with Crippen LogP contribution in [0.25, 0.3) is 0 Å². The van der Waals surface area contributed by atoms with E-state index in [4.69, 9.17) is 10.8 Å². The summed E-state index contributed by atoms with van der Waals surface area (Å²) in [5.74, 6) is 0.161. The van der Waals surface area contributed by atoms with Crippen LogP contribution in [-0.2, 0) is 4.79 Å². The first kappa shape index (κ1) is 15.0. The number of carboxylic acid groups (broad SMARTS) is 1. The molecule has 1 aromatic rings. The highest BCUT2D eigenvalue weighted by Crippen LogP contribution is 2.22. The first-order chi connectivity index (χ1) is 8.58. The lowest BCUT2D eigenvalue weighted by Crippen LogP contribution is -2.37. The second kappa shape index (κ2) is 7.41. The van der Waals surface area contributed by atoms with Crippen molar-refractivity contribution in [1.82, 2.24) is 5.32 Å². The lowest BCUT2D eigenvalue weighted by atomic mass is 9.98. The van der Waals surface area contributed by atoms with Crippen molar-refractivity contribution in [2.45, 2.75) is 30.3 Å². The summed E-state index contributed by atoms with van der Waals surface area (Å²) in [7, 11) is 1.79. The molecular formula is C13H20N2O2S. The van der Waals surface area contributed by atoms with Crippen molar-refractivity contribution < 1.29 is 9.90 Å². The van der Waals surface area contributed by atoms with Gasteiger partial charge in [-0.1, -0.05) is 19.1 Å². The van der Waals surface area contributed by atoms with Crippen LogP contribution in [0.2, 0.25) is 0 Å². The molecule has 0 saturated heterocycles. The molecule has 2 unspecified atom stereocenters. The van der Waals surface area contributed by atoms with Crippen LogP contribution in [0.1, 0.15) is 24.9 Å². The van der Waals surface area contributed by atoms with Crippen LogP contribution in [0.5, 0.6) is 0 Å². The van der Waals surface area contributed by atoms with E-state index in [-0.39, 0.29) is 12.5 Å². The van der Waals surface area contributed by atoms with Gasteiger partial charge >= 0.3 is 5.97 Å². The molecule has 0 aliphatic carbocycles. The molecule has 0 bridgehead atoms. The highest BCUT2D eigenvalue weighted by atomic mass is 32.2. The third kappa shape index (κ3) is 4.33. The second-order valence-corrected chi connectivity index (χ2v) is 5.37. The summed E-state index contributed by atoms with van der Waals surface area (Å²) in [6.07, 6.45) is -0.0447. The number of hydrogen-bond donors (Lipinski definition) is 3. The van der Waals surface area contributed by atoms with Gasteiger partial charge in [-0.2, -0.15) is 0 Å². The molecule has 4 nitrogen and oxygen atoms in total. The largest absolute Gasteiger partial charge is 0.481 e. The van der Waals surface area contributed by atoms with Crippen molar-refractivity contribution in [2.75, 3.05) is 12.8 Å². The number of rotatable bonds is 7. The molecule has 0 fully saturated rings. The van der Waals surface area contributed by atoms with Crippen molar-refractivity contribution in [3.63, 3.8) is 0 Å². The van der Waals surface area contributed by atoms with Crippen LogP contribution in [0.3, 0.4) is 0 Å². The first-order valence-corrected chi connectivity index (χ1v) is 6.94. The van der Waals surface area contributed by atoms with E-state index in [1.165, 1.54) is 4.90 Å². The Bertz CT molecular complexity index is 381. The number of hydrogen-bond acceptors (Lipinski definition) is 4. The highest BCUT2D eigenvalue weighted by molar-refractivity contribution is 7.99. The topological polar surface area (TPSA) is 75.3 Å². The highest BCUT2D eigenvalue weighted by Gasteiger charge is 2.20. The number of nitrogens with one attached hydrogen (secondary N) is 1. The summed E-state index contributed by atoms with van der Waals surface area (Å²) in [5, 5.41) is 11.9. The summed E-state index contributed by atoms with van der Waals surface area (Å²) in [6, 6.07) is 7.52. The molecule has 5 heteroatoms. The van der Waals surface area contributed by atoms with Gasteiger partial charge in [0.25, 0.3) is 0 Å². The smallest absolute Gasteiger partial charge is 0.304 e. The van der Waals surface area contributed by atoms with E-state index in [9.17, 15) is 4.79 Å². The lowest BCUT2D eigenvalue weighted by Gasteiger charge is -2.22. The van der Waals surface area contributed by atoms with Gasteiger partial charge in [0.05, 0.1) is 6.42 Å². The fourth-order valence-electron chi connectivity index (χ4n) is 1.89. The van der Waals surface area contributed by atoms with Crippen LogP contribution in [0.15, 0.2) is 29.2 Å². The number of nitrogens with two attached hydrogens (primary N) is 1. The summed E-state index contributed by atoms with van der Waals surface area (Å²) in [4.78, 5) is 11.9. The Morgan fingerprint density at radius 3 is 2.50 bits per heavy atom. The molecule has 1 rings (SSSR count). The van der Waals surface area contributed by atoms with Crippen LogP contribution in [0, 0.1) is 0 Å². The Labute approximate surface area is 112 Å². The zero-order valence-electron chi connectivity index (χ0n) is 10.7. The zero-order valence-corrected chi connectivity index (χ0v) is 11.5. The number of benzene rings is 1. The molecule has 4 N–H and O–H groups in total. The molecule has 0 heterocycles. The average Bonchev–Trinajstić information content (AvgIpc) is 2.31. The number of thioether (sulfide) groups is 1. The molecular weight excluding hydrogens is 248 g/mol. The SMILES string of the molecule is CCSc1ccc(C(NC)C(N)CC(=O)O)cc1. The predicted octanol–water partition coefficient (Wildman–Crippen LogP) is 1.86. The van der Waals surface area contributed by atoms with Gasteiger partial charge < -0.3 is 16.2 Å². The van der Waals surface area contributed by atoms with Gasteiger partial charge in [0.2, 0.25) is 0 Å². The predicted molar refractivity (Wildman–Crippen MR) is 74.9 cm³/mol. The second-order valence-electron chi connectivity index (χ2n) is 4.03. The number of likely N-dealkylation sites (N-methyl/N-ethyl adjacent to an activating group) is 1. The molecule has 0 aromatic heterocycles. The van der Waals surface area contributed by atoms with E-state index in [2.05, 4.69) is 12.2 Å². The van der Waals surface area contributed by atoms with Crippen LogP contribution < -0.4 is 11.1 Å². The molecule has 2 atom stereocenters. The summed E-state index contributed by atoms with van der Waals surface area (Å²) >= 11 is 1.78. The minimum Gasteiger partial charge on any atom is -0.481 e. The molecule has 0 spiro atoms. The van der Waals surface area contributed by atoms with Crippen molar-refractivity contribution in [2.24, 2.45) is 5.73 Å². The Balaban J connectivity index is 2.78. The number of carbonyl (C=O) groups is 1. The number of carboxylic acids is 1. The fourth-order valence-corrected chi connectivity index (χ4v) is 2.55. The molecule has 100 valence electrons. The van der Waals surface area contributed by atoms with Crippen molar-refractivity contribution in [3.8, 4) is 0 Å². The van der Waals surface area contributed by atoms with E-state index in [1.54, 1.807) is 18.8 Å². The first-order valence-electron chi connectivity index (χ1n) is 5.95. The van der Waals surface area contributed by atoms with E-state index >= 15 is 0 Å². The van der Waals surface area contributed by atoms with Crippen LogP contribution >= 0.6 is 11.8 Å². The fraction of sp³-hybridized carbons (Fsp3) is 0.462. The Hall–Kier alpha value is -1.04. The third-order valence-corrected chi connectivity index (χ3v) is 3.59. The van der Waals surface area contributed by atoms with Gasteiger partial charge in [0.15, 0.2) is 0 Å². The maximum Gasteiger partial charge on any atom is 0.304 e. The number of aliphatic carboxylic acids is 1. The molecule has 0 amide bonds. The zero-order chi connectivity index (χ0) is 13.5. The quantitative estimate of drug-likeness (QED) is 0.658. The minimum atomic E-state index is -0.874. The third-order valence-electron chi connectivity index (χ3n) is 2.70. The van der Waals surface area contributed by atoms with Crippen molar-refractivity contribution in [3.05, 3.63) is 29.8 Å². The van der Waals surface area contributed by atoms with E-state index in [1.807, 2.05) is 24.3 Å². The van der Waals surface area contributed by atoms with Crippen molar-refractivity contribution >= 4 is 17.7 Å². The van der Waals surface area contributed by atoms with Crippen LogP contribution in [0.4, 0.5) is 0 Å². The van der Waals surface area contributed by atoms with Gasteiger partial charge in [-0.3, -0.25) is 4.79 Å². The van der Waals surface area contributed by atoms with Gasteiger partial charge in [0, 0.05) is 17.0 Å². The van der Waals surface area contributed by atoms with E-state index < -0.39 is 12.0 Å². The average molecular weight is 268 g/mol. The normalized spacial score (nSPS) is 14.2. The maximum absolute atomic E-state index is 10.7. The molecule has 0 saturated carbocycles. The molecule has 18 heavy (non-hydrogen) atoms. The van der Waals surface area contributed by atoms with Gasteiger partial charge in [-0.05, 0) is 30.5 Å². The molecule has 0 radical (unpaired) electrons. The van der Waals surface area contributed by atoms with Gasteiger partial charge in [0.1, 0.15) is 0 Å². The van der Waals surface area contributed by atoms with E-state index in [0.29, 0.717) is 0 Å². The maximum atomic E-state index is 10.7. The van der Waals surface area contributed by atoms with Gasteiger partial charge in [-0.15, -0.1) is 11.8 Å². The van der Waals surface area contributed by atoms with Crippen molar-refractivity contribution in [1.29, 1.82) is 0 Å².